The molecule has 1 atom stereocenters. The highest BCUT2D eigenvalue weighted by molar-refractivity contribution is 6.01. The average Bonchev–Trinajstić information content (AvgIpc) is 3.09. The van der Waals surface area contributed by atoms with Crippen LogP contribution in [0.4, 0.5) is 0 Å². The number of methoxy groups -OCH3 is 1. The second-order valence-corrected chi connectivity index (χ2v) is 7.40. The molecule has 2 heterocycles. The van der Waals surface area contributed by atoms with Gasteiger partial charge in [0.05, 0.1) is 7.11 Å². The van der Waals surface area contributed by atoms with Gasteiger partial charge in [-0.2, -0.15) is 0 Å². The van der Waals surface area contributed by atoms with Gasteiger partial charge in [-0.25, -0.2) is 0 Å². The number of nitrogens with one attached hydrogen (secondary N) is 2. The molecule has 0 spiro atoms. The zero-order chi connectivity index (χ0) is 21.3. The van der Waals surface area contributed by atoms with Crippen LogP contribution in [0.15, 0.2) is 49.0 Å². The van der Waals surface area contributed by atoms with Gasteiger partial charge in [0.15, 0.2) is 0 Å². The molecule has 2 aromatic carbocycles. The fourth-order valence-corrected chi connectivity index (χ4v) is 4.00. The summed E-state index contributed by atoms with van der Waals surface area (Å²) in [5.74, 6) is -0.0858. The number of hydrogen-bond acceptors (Lipinski definition) is 5. The first-order chi connectivity index (χ1) is 14.5. The van der Waals surface area contributed by atoms with E-state index in [1.165, 1.54) is 0 Å². The molecule has 0 radical (unpaired) electrons. The fraction of sp³-hybridized carbons (Fsp3) is 0.261. The van der Waals surface area contributed by atoms with Crippen LogP contribution in [0, 0.1) is 0 Å². The molecule has 0 saturated carbocycles. The molecule has 2 aliphatic rings. The molecular weight excluding hydrogens is 382 g/mol. The Balaban J connectivity index is 1.49. The zero-order valence-corrected chi connectivity index (χ0v) is 16.7. The molecule has 0 bridgehead atoms. The predicted molar refractivity (Wildman–Crippen MR) is 111 cm³/mol. The van der Waals surface area contributed by atoms with Crippen LogP contribution < -0.4 is 15.4 Å². The topological polar surface area (TPSA) is 87.7 Å². The molecule has 1 fully saturated rings. The summed E-state index contributed by atoms with van der Waals surface area (Å²) in [6.07, 6.45) is 0.791. The van der Waals surface area contributed by atoms with Gasteiger partial charge in [-0.3, -0.25) is 19.7 Å². The lowest BCUT2D eigenvalue weighted by Gasteiger charge is -2.31. The quantitative estimate of drug-likeness (QED) is 0.745. The third-order valence-electron chi connectivity index (χ3n) is 5.62. The van der Waals surface area contributed by atoms with Gasteiger partial charge in [0.1, 0.15) is 11.8 Å². The SMILES string of the molecule is C=C1c2cccc(CNC(=O)c3cccc(OC)c3)c2CN1C1CCC(=O)NC1=O. The number of imide groups is 1. The van der Waals surface area contributed by atoms with E-state index in [9.17, 15) is 14.4 Å². The number of rotatable bonds is 5. The van der Waals surface area contributed by atoms with Crippen LogP contribution in [0.1, 0.15) is 39.9 Å². The maximum atomic E-state index is 12.6. The number of fused-ring (bicyclic) bond motifs is 1. The third kappa shape index (κ3) is 3.66. The smallest absolute Gasteiger partial charge is 0.251 e. The van der Waals surface area contributed by atoms with Crippen LogP contribution in [0.3, 0.4) is 0 Å². The molecule has 2 aromatic rings. The van der Waals surface area contributed by atoms with E-state index in [4.69, 9.17) is 4.74 Å². The minimum Gasteiger partial charge on any atom is -0.497 e. The molecule has 2 aliphatic heterocycles. The van der Waals surface area contributed by atoms with Crippen molar-refractivity contribution in [2.75, 3.05) is 7.11 Å². The molecule has 154 valence electrons. The van der Waals surface area contributed by atoms with E-state index in [1.54, 1.807) is 31.4 Å². The van der Waals surface area contributed by atoms with E-state index >= 15 is 0 Å². The van der Waals surface area contributed by atoms with E-state index in [-0.39, 0.29) is 17.7 Å². The van der Waals surface area contributed by atoms with Gasteiger partial charge in [-0.1, -0.05) is 30.8 Å². The molecule has 4 rings (SSSR count). The molecule has 2 N–H and O–H groups in total. The fourth-order valence-electron chi connectivity index (χ4n) is 4.00. The van der Waals surface area contributed by atoms with Gasteiger partial charge in [-0.05, 0) is 35.7 Å². The molecule has 30 heavy (non-hydrogen) atoms. The standard InChI is InChI=1S/C23H23N3O4/c1-14-18-8-4-6-16(12-24-22(28)15-5-3-7-17(11-15)30-2)19(18)13-26(14)20-9-10-21(27)25-23(20)29/h3-8,11,20H,1,9-10,12-13H2,2H3,(H,24,28)(H,25,27,29). The van der Waals surface area contributed by atoms with Crippen molar-refractivity contribution in [3.8, 4) is 5.75 Å². The molecule has 1 unspecified atom stereocenters. The second kappa shape index (κ2) is 8.02. The number of benzene rings is 2. The average molecular weight is 405 g/mol. The number of carbonyl (C=O) groups excluding carboxylic acids is 3. The van der Waals surface area contributed by atoms with Crippen LogP contribution >= 0.6 is 0 Å². The van der Waals surface area contributed by atoms with E-state index in [0.29, 0.717) is 37.2 Å². The highest BCUT2D eigenvalue weighted by atomic mass is 16.5. The Hall–Kier alpha value is -3.61. The summed E-state index contributed by atoms with van der Waals surface area (Å²) in [5, 5.41) is 5.36. The van der Waals surface area contributed by atoms with Crippen molar-refractivity contribution in [3.05, 3.63) is 71.3 Å². The van der Waals surface area contributed by atoms with Crippen LogP contribution in [-0.2, 0) is 22.7 Å². The number of piperidine rings is 1. The highest BCUT2D eigenvalue weighted by Crippen LogP contribution is 2.36. The molecule has 7 nitrogen and oxygen atoms in total. The van der Waals surface area contributed by atoms with Crippen molar-refractivity contribution in [2.45, 2.75) is 32.0 Å². The summed E-state index contributed by atoms with van der Waals surface area (Å²) in [6.45, 7) is 5.04. The Kier molecular flexibility index (Phi) is 5.27. The molecular formula is C23H23N3O4. The number of nitrogens with zero attached hydrogens (tertiary/aromatic N) is 1. The summed E-state index contributed by atoms with van der Waals surface area (Å²) in [7, 11) is 1.56. The summed E-state index contributed by atoms with van der Waals surface area (Å²) < 4.78 is 5.18. The highest BCUT2D eigenvalue weighted by Gasteiger charge is 2.36. The molecule has 0 aliphatic carbocycles. The van der Waals surface area contributed by atoms with E-state index in [2.05, 4.69) is 17.2 Å². The Morgan fingerprint density at radius 2 is 2.07 bits per heavy atom. The lowest BCUT2D eigenvalue weighted by Crippen LogP contribution is -2.50. The van der Waals surface area contributed by atoms with Gasteiger partial charge < -0.3 is 15.0 Å². The van der Waals surface area contributed by atoms with Gasteiger partial charge in [0.2, 0.25) is 11.8 Å². The molecule has 3 amide bonds. The number of hydrogen-bond donors (Lipinski definition) is 2. The van der Waals surface area contributed by atoms with Crippen LogP contribution in [0.5, 0.6) is 5.75 Å². The Labute approximate surface area is 174 Å². The van der Waals surface area contributed by atoms with E-state index in [0.717, 1.165) is 22.4 Å². The normalized spacial score (nSPS) is 18.1. The Bertz CT molecular complexity index is 1050. The maximum absolute atomic E-state index is 12.6. The minimum absolute atomic E-state index is 0.189. The molecule has 7 heteroatoms. The lowest BCUT2D eigenvalue weighted by atomic mass is 10.0. The van der Waals surface area contributed by atoms with Gasteiger partial charge in [0.25, 0.3) is 5.91 Å². The van der Waals surface area contributed by atoms with E-state index < -0.39 is 6.04 Å². The first-order valence-electron chi connectivity index (χ1n) is 9.80. The minimum atomic E-state index is -0.415. The van der Waals surface area contributed by atoms with Crippen molar-refractivity contribution in [2.24, 2.45) is 0 Å². The van der Waals surface area contributed by atoms with Crippen LogP contribution in [0.25, 0.3) is 5.70 Å². The monoisotopic (exact) mass is 405 g/mol. The third-order valence-corrected chi connectivity index (χ3v) is 5.62. The predicted octanol–water partition coefficient (Wildman–Crippen LogP) is 2.22. The van der Waals surface area contributed by atoms with Crippen LogP contribution in [0.2, 0.25) is 0 Å². The van der Waals surface area contributed by atoms with Crippen molar-refractivity contribution in [1.82, 2.24) is 15.5 Å². The summed E-state index contributed by atoms with van der Waals surface area (Å²) in [5.41, 5.74) is 4.27. The summed E-state index contributed by atoms with van der Waals surface area (Å²) >= 11 is 0. The van der Waals surface area contributed by atoms with Crippen molar-refractivity contribution in [3.63, 3.8) is 0 Å². The Morgan fingerprint density at radius 1 is 1.27 bits per heavy atom. The first kappa shape index (κ1) is 19.7. The second-order valence-electron chi connectivity index (χ2n) is 7.40. The van der Waals surface area contributed by atoms with Gasteiger partial charge in [-0.15, -0.1) is 0 Å². The summed E-state index contributed by atoms with van der Waals surface area (Å²) in [6, 6.07) is 12.4. The van der Waals surface area contributed by atoms with Crippen molar-refractivity contribution in [1.29, 1.82) is 0 Å². The number of ether oxygens (including phenoxy) is 1. The number of carbonyl (C=O) groups is 3. The largest absolute Gasteiger partial charge is 0.497 e. The molecule has 1 saturated heterocycles. The zero-order valence-electron chi connectivity index (χ0n) is 16.7. The van der Waals surface area contributed by atoms with Crippen molar-refractivity contribution < 1.29 is 19.1 Å². The molecule has 0 aromatic heterocycles. The lowest BCUT2D eigenvalue weighted by molar-refractivity contribution is -0.136. The first-order valence-corrected chi connectivity index (χ1v) is 9.80. The van der Waals surface area contributed by atoms with Crippen LogP contribution in [-0.4, -0.2) is 35.8 Å². The maximum Gasteiger partial charge on any atom is 0.251 e. The van der Waals surface area contributed by atoms with E-state index in [1.807, 2.05) is 23.1 Å². The summed E-state index contributed by atoms with van der Waals surface area (Å²) in [4.78, 5) is 38.3. The van der Waals surface area contributed by atoms with Gasteiger partial charge in [0, 0.05) is 36.3 Å². The Morgan fingerprint density at radius 3 is 2.83 bits per heavy atom. The van der Waals surface area contributed by atoms with Gasteiger partial charge >= 0.3 is 0 Å². The van der Waals surface area contributed by atoms with Crippen molar-refractivity contribution >= 4 is 23.4 Å². The number of amides is 3.